The van der Waals surface area contributed by atoms with E-state index in [2.05, 4.69) is 20.1 Å². The van der Waals surface area contributed by atoms with Crippen LogP contribution in [0.25, 0.3) is 0 Å². The van der Waals surface area contributed by atoms with E-state index in [0.717, 1.165) is 11.8 Å². The number of aliphatic carboxylic acids is 2. The lowest BCUT2D eigenvalue weighted by atomic mass is 9.79. The van der Waals surface area contributed by atoms with Crippen LogP contribution in [0.1, 0.15) is 40.5 Å². The quantitative estimate of drug-likeness (QED) is 0.0684. The molecule has 5 rings (SSSR count). The first kappa shape index (κ1) is 42.6. The van der Waals surface area contributed by atoms with E-state index in [-0.39, 0.29) is 48.7 Å². The number of hydrogen-bond donors (Lipinski definition) is 10. The minimum Gasteiger partial charge on any atom is -0.477 e. The summed E-state index contributed by atoms with van der Waals surface area (Å²) in [7, 11) is -8.10. The minimum absolute atomic E-state index is 0.00510. The zero-order valence-corrected chi connectivity index (χ0v) is 33.2. The predicted molar refractivity (Wildman–Crippen MR) is 197 cm³/mol. The summed E-state index contributed by atoms with van der Waals surface area (Å²) < 4.78 is 51.0. The molecule has 12 N–H and O–H groups in total. The topological polar surface area (TPSA) is 324 Å². The number of carbonyl (C=O) groups excluding carboxylic acids is 2. The second kappa shape index (κ2) is 16.1. The van der Waals surface area contributed by atoms with Gasteiger partial charge in [-0.25, -0.2) is 29.3 Å². The van der Waals surface area contributed by atoms with Gasteiger partial charge in [0.2, 0.25) is 11.8 Å². The Morgan fingerprint density at radius 1 is 0.926 bits per heavy atom. The zero-order valence-electron chi connectivity index (χ0n) is 29.9. The van der Waals surface area contributed by atoms with Crippen molar-refractivity contribution in [2.24, 2.45) is 33.9 Å². The van der Waals surface area contributed by atoms with Crippen molar-refractivity contribution in [2.75, 3.05) is 26.2 Å². The number of fused-ring (bicyclic) bond motifs is 1. The van der Waals surface area contributed by atoms with E-state index in [0.29, 0.717) is 22.8 Å². The largest absolute Gasteiger partial charge is 0.477 e. The highest BCUT2D eigenvalue weighted by molar-refractivity contribution is 8.04. The van der Waals surface area contributed by atoms with Gasteiger partial charge >= 0.3 is 11.9 Å². The van der Waals surface area contributed by atoms with Gasteiger partial charge in [-0.05, 0) is 26.7 Å². The molecule has 2 amide bonds. The van der Waals surface area contributed by atoms with Crippen molar-refractivity contribution in [1.29, 1.82) is 0 Å². The molecule has 0 aromatic heterocycles. The number of carbonyl (C=O) groups is 4. The van der Waals surface area contributed by atoms with Gasteiger partial charge in [0.1, 0.15) is 11.4 Å². The standard InChI is InChI=1S/C30H48N8O12S4/c1-11-21(36-22(29(43)44)25(11)51-17-5-15(33-9-17)7-34-53(31,47)48)19(13(3)39)27(41)37-10-18(6-16(37)8-35-54(32,49)50)52-26-12(2)23-20(14(4)40)28(42)38(23)24(26)30(45)46/h11-21,23,33-36,39-40H,5-10H2,1-4H3,(H,43,44)(H,45,46)(H2,31,47,48)(H2,32,49,50)/t11-,12-,13+,14-,15+,16+,17+,18+,19-,20+,21-,23+/m1/s1. The number of hydrogen-bond acceptors (Lipinski definition) is 14. The zero-order chi connectivity index (χ0) is 40.2. The number of rotatable bonds is 16. The van der Waals surface area contributed by atoms with Crippen LogP contribution in [0.2, 0.25) is 0 Å². The van der Waals surface area contributed by atoms with E-state index in [1.54, 1.807) is 13.8 Å². The van der Waals surface area contributed by atoms with Crippen LogP contribution in [-0.4, -0.2) is 144 Å². The molecule has 0 saturated carbocycles. The highest BCUT2D eigenvalue weighted by Gasteiger charge is 2.60. The fourth-order valence-corrected chi connectivity index (χ4v) is 12.2. The summed E-state index contributed by atoms with van der Waals surface area (Å²) in [6, 6.07) is -2.52. The number of β-lactam (4-membered cyclic amide) rings is 1. The number of thioether (sulfide) groups is 2. The Balaban J connectivity index is 1.36. The van der Waals surface area contributed by atoms with E-state index < -0.39 is 103 Å². The molecule has 54 heavy (non-hydrogen) atoms. The molecule has 0 bridgehead atoms. The van der Waals surface area contributed by atoms with Crippen LogP contribution >= 0.6 is 23.5 Å². The molecule has 0 aromatic carbocycles. The van der Waals surface area contributed by atoms with Gasteiger partial charge in [-0.15, -0.1) is 23.5 Å². The predicted octanol–water partition coefficient (Wildman–Crippen LogP) is -3.21. The van der Waals surface area contributed by atoms with Crippen LogP contribution < -0.4 is 30.4 Å². The Morgan fingerprint density at radius 3 is 2.09 bits per heavy atom. The maximum Gasteiger partial charge on any atom is 0.353 e. The molecule has 304 valence electrons. The second-order valence-corrected chi connectivity index (χ2v) is 20.0. The molecule has 0 radical (unpaired) electrons. The number of aliphatic hydroxyl groups excluding tert-OH is 2. The summed E-state index contributed by atoms with van der Waals surface area (Å²) in [5.41, 5.74) is -0.335. The van der Waals surface area contributed by atoms with Crippen molar-refractivity contribution in [2.45, 2.75) is 87.4 Å². The molecule has 0 aliphatic carbocycles. The monoisotopic (exact) mass is 840 g/mol. The molecule has 0 unspecified atom stereocenters. The van der Waals surface area contributed by atoms with Gasteiger partial charge in [0.15, 0.2) is 0 Å². The summed E-state index contributed by atoms with van der Waals surface area (Å²) in [6.07, 6.45) is -1.65. The highest BCUT2D eigenvalue weighted by Crippen LogP contribution is 2.52. The number of amides is 2. The number of aliphatic hydroxyl groups is 2. The van der Waals surface area contributed by atoms with Crippen molar-refractivity contribution in [3.63, 3.8) is 0 Å². The molecular weight excluding hydrogens is 793 g/mol. The molecule has 3 saturated heterocycles. The van der Waals surface area contributed by atoms with Gasteiger partial charge in [-0.1, -0.05) is 13.8 Å². The Hall–Kier alpha value is -2.52. The van der Waals surface area contributed by atoms with E-state index in [1.807, 2.05) is 0 Å². The Morgan fingerprint density at radius 2 is 1.54 bits per heavy atom. The van der Waals surface area contributed by atoms with Crippen LogP contribution in [-0.2, 0) is 39.6 Å². The molecule has 5 aliphatic rings. The number of nitrogens with two attached hydrogens (primary N) is 2. The van der Waals surface area contributed by atoms with Gasteiger partial charge in [0.25, 0.3) is 20.4 Å². The van der Waals surface area contributed by atoms with Crippen molar-refractivity contribution >= 4 is 67.7 Å². The average Bonchev–Trinajstić information content (AvgIpc) is 3.80. The summed E-state index contributed by atoms with van der Waals surface area (Å²) in [6.45, 7) is 6.54. The molecule has 5 heterocycles. The fourth-order valence-electron chi connectivity index (χ4n) is 8.26. The lowest BCUT2D eigenvalue weighted by molar-refractivity contribution is -0.163. The van der Waals surface area contributed by atoms with Crippen molar-refractivity contribution in [3.8, 4) is 0 Å². The third-order valence-electron chi connectivity index (χ3n) is 10.7. The highest BCUT2D eigenvalue weighted by atomic mass is 32.2. The van der Waals surface area contributed by atoms with Gasteiger partial charge in [-0.2, -0.15) is 16.8 Å². The number of carboxylic acid groups (broad SMARTS) is 2. The number of nitrogens with zero attached hydrogens (tertiary/aromatic N) is 2. The third kappa shape index (κ3) is 8.87. The summed E-state index contributed by atoms with van der Waals surface area (Å²) in [5, 5.41) is 57.4. The molecular formula is C30H48N8O12S4. The van der Waals surface area contributed by atoms with E-state index in [4.69, 9.17) is 10.3 Å². The van der Waals surface area contributed by atoms with Crippen LogP contribution in [0.5, 0.6) is 0 Å². The smallest absolute Gasteiger partial charge is 0.353 e. The minimum atomic E-state index is -4.20. The van der Waals surface area contributed by atoms with Gasteiger partial charge in [-0.3, -0.25) is 9.59 Å². The number of nitrogens with one attached hydrogen (secondary N) is 4. The molecule has 0 spiro atoms. The Kier molecular flexibility index (Phi) is 12.7. The first-order valence-corrected chi connectivity index (χ1v) is 22.2. The van der Waals surface area contributed by atoms with Crippen LogP contribution in [0.3, 0.4) is 0 Å². The van der Waals surface area contributed by atoms with E-state index in [1.165, 1.54) is 35.4 Å². The van der Waals surface area contributed by atoms with Crippen LogP contribution in [0, 0.1) is 23.7 Å². The molecule has 20 nitrogen and oxygen atoms in total. The van der Waals surface area contributed by atoms with E-state index >= 15 is 0 Å². The second-order valence-electron chi connectivity index (χ2n) is 14.5. The van der Waals surface area contributed by atoms with Gasteiger partial charge in [0, 0.05) is 76.5 Å². The van der Waals surface area contributed by atoms with Crippen molar-refractivity contribution in [3.05, 3.63) is 21.2 Å². The fraction of sp³-hybridized carbons (Fsp3) is 0.733. The van der Waals surface area contributed by atoms with Gasteiger partial charge in [0.05, 0.1) is 30.1 Å². The lowest BCUT2D eigenvalue weighted by Crippen LogP contribution is -2.63. The molecule has 24 heteroatoms. The number of likely N-dealkylation sites (tertiary alicyclic amines) is 1. The molecule has 12 atom stereocenters. The summed E-state index contributed by atoms with van der Waals surface area (Å²) in [5.74, 6) is -6.73. The lowest BCUT2D eigenvalue weighted by Gasteiger charge is -2.46. The maximum atomic E-state index is 14.5. The van der Waals surface area contributed by atoms with Crippen LogP contribution in [0.4, 0.5) is 0 Å². The van der Waals surface area contributed by atoms with Crippen molar-refractivity contribution < 1.29 is 56.4 Å². The first-order valence-electron chi connectivity index (χ1n) is 17.3. The normalized spacial score (nSPS) is 33.1. The molecule has 0 aromatic rings. The summed E-state index contributed by atoms with van der Waals surface area (Å²) in [4.78, 5) is 55.7. The number of carboxylic acids is 2. The Bertz CT molecular complexity index is 1830. The van der Waals surface area contributed by atoms with E-state index in [9.17, 15) is 56.4 Å². The maximum absolute atomic E-state index is 14.5. The van der Waals surface area contributed by atoms with Crippen molar-refractivity contribution in [1.82, 2.24) is 29.9 Å². The van der Waals surface area contributed by atoms with Gasteiger partial charge < -0.3 is 40.9 Å². The average molecular weight is 841 g/mol. The molecule has 5 aliphatic heterocycles. The third-order valence-corrected chi connectivity index (χ3v) is 14.9. The SMILES string of the molecule is C[C@H](O)[C@@H](C(=O)N1C[C@@H](SC2=C(C(=O)O)N3C(=O)[C@@H]([C@@H](C)O)[C@@H]3[C@H]2C)C[C@H]1CNS(N)(=O)=O)[C@@H]1NC(C(=O)O)=C(S[C@@H]2CN[C@H](CNS(N)(=O)=O)C2)[C@@H]1C. The summed E-state index contributed by atoms with van der Waals surface area (Å²) >= 11 is 2.44. The molecule has 3 fully saturated rings. The Labute approximate surface area is 321 Å². The first-order chi connectivity index (χ1) is 25.0. The van der Waals surface area contributed by atoms with Crippen LogP contribution in [0.15, 0.2) is 21.2 Å².